The lowest BCUT2D eigenvalue weighted by molar-refractivity contribution is -0.142. The van der Waals surface area contributed by atoms with Crippen LogP contribution in [0.5, 0.6) is 0 Å². The van der Waals surface area contributed by atoms with Gasteiger partial charge in [0.25, 0.3) is 0 Å². The number of hydrogen-bond acceptors (Lipinski definition) is 3. The summed E-state index contributed by atoms with van der Waals surface area (Å²) in [4.78, 5) is 12.5. The van der Waals surface area contributed by atoms with Crippen molar-refractivity contribution in [3.63, 3.8) is 0 Å². The minimum atomic E-state index is -0.789. The summed E-state index contributed by atoms with van der Waals surface area (Å²) in [6.07, 6.45) is -0.0273. The molecule has 0 radical (unpaired) electrons. The Morgan fingerprint density at radius 2 is 2.42 bits per heavy atom. The van der Waals surface area contributed by atoms with Gasteiger partial charge < -0.3 is 9.84 Å². The monoisotopic (exact) mass is 173 g/mol. The summed E-state index contributed by atoms with van der Waals surface area (Å²) in [6.45, 7) is 3.42. The highest BCUT2D eigenvalue weighted by molar-refractivity contribution is 5.67. The highest BCUT2D eigenvalue weighted by atomic mass is 16.5. The van der Waals surface area contributed by atoms with Crippen LogP contribution in [0.3, 0.4) is 0 Å². The smallest absolute Gasteiger partial charge is 0.306 e. The first-order valence-corrected chi connectivity index (χ1v) is 4.13. The number of carboxylic acid groups (broad SMARTS) is 1. The second-order valence-electron chi connectivity index (χ2n) is 3.34. The Labute approximate surface area is 72.1 Å². The number of ether oxygens (including phenoxy) is 1. The first kappa shape index (κ1) is 9.48. The lowest BCUT2D eigenvalue weighted by Gasteiger charge is -2.34. The van der Waals surface area contributed by atoms with Crippen molar-refractivity contribution in [2.24, 2.45) is 0 Å². The van der Waals surface area contributed by atoms with E-state index in [1.807, 2.05) is 7.05 Å². The van der Waals surface area contributed by atoms with Crippen LogP contribution in [0.1, 0.15) is 13.3 Å². The van der Waals surface area contributed by atoms with E-state index in [4.69, 9.17) is 9.84 Å². The van der Waals surface area contributed by atoms with E-state index >= 15 is 0 Å². The second kappa shape index (κ2) is 3.87. The van der Waals surface area contributed by atoms with Crippen LogP contribution in [0, 0.1) is 0 Å². The zero-order valence-electron chi connectivity index (χ0n) is 7.49. The third-order valence-corrected chi connectivity index (χ3v) is 2.22. The molecule has 1 heterocycles. The molecule has 0 amide bonds. The molecule has 1 aliphatic heterocycles. The Hall–Kier alpha value is -0.610. The number of nitrogens with zero attached hydrogens (tertiary/aromatic N) is 1. The first-order chi connectivity index (χ1) is 5.59. The van der Waals surface area contributed by atoms with Gasteiger partial charge in [-0.1, -0.05) is 0 Å². The van der Waals surface area contributed by atoms with E-state index in [1.54, 1.807) is 0 Å². The van der Waals surface area contributed by atoms with E-state index in [0.29, 0.717) is 19.2 Å². The van der Waals surface area contributed by atoms with Gasteiger partial charge in [-0.15, -0.1) is 0 Å². The number of carbonyl (C=O) groups is 1. The van der Waals surface area contributed by atoms with E-state index in [0.717, 1.165) is 0 Å². The molecule has 0 spiro atoms. The molecule has 0 aromatic carbocycles. The largest absolute Gasteiger partial charge is 0.481 e. The Bertz CT molecular complexity index is 172. The third-order valence-electron chi connectivity index (χ3n) is 2.22. The van der Waals surface area contributed by atoms with Crippen molar-refractivity contribution >= 4 is 5.97 Å². The summed E-state index contributed by atoms with van der Waals surface area (Å²) < 4.78 is 5.35. The van der Waals surface area contributed by atoms with Crippen LogP contribution in [0.25, 0.3) is 0 Å². The minimum absolute atomic E-state index is 0.108. The predicted octanol–water partition coefficient (Wildman–Crippen LogP) is 0.180. The maximum atomic E-state index is 10.4. The highest BCUT2D eigenvalue weighted by Crippen LogP contribution is 2.11. The van der Waals surface area contributed by atoms with Crippen molar-refractivity contribution < 1.29 is 14.6 Å². The van der Waals surface area contributed by atoms with Crippen molar-refractivity contribution in [3.05, 3.63) is 0 Å². The average molecular weight is 173 g/mol. The summed E-state index contributed by atoms with van der Waals surface area (Å²) in [5.74, 6) is -0.789. The van der Waals surface area contributed by atoms with Gasteiger partial charge in [-0.05, 0) is 14.0 Å². The van der Waals surface area contributed by atoms with Crippen molar-refractivity contribution in [1.29, 1.82) is 0 Å². The van der Waals surface area contributed by atoms with Crippen molar-refractivity contribution in [2.75, 3.05) is 20.2 Å². The Morgan fingerprint density at radius 3 is 2.92 bits per heavy atom. The van der Waals surface area contributed by atoms with Crippen molar-refractivity contribution in [3.8, 4) is 0 Å². The van der Waals surface area contributed by atoms with Gasteiger partial charge in [0.05, 0.1) is 19.1 Å². The fraction of sp³-hybridized carbons (Fsp3) is 0.875. The number of likely N-dealkylation sites (N-methyl/N-ethyl adjacent to an activating group) is 1. The average Bonchev–Trinajstić information content (AvgIpc) is 1.96. The molecule has 1 N–H and O–H groups in total. The van der Waals surface area contributed by atoms with Gasteiger partial charge in [-0.25, -0.2) is 0 Å². The molecule has 1 fully saturated rings. The Balaban J connectivity index is 2.35. The topological polar surface area (TPSA) is 49.8 Å². The Morgan fingerprint density at radius 1 is 1.75 bits per heavy atom. The minimum Gasteiger partial charge on any atom is -0.481 e. The summed E-state index contributed by atoms with van der Waals surface area (Å²) in [5.41, 5.74) is 0. The van der Waals surface area contributed by atoms with E-state index in [9.17, 15) is 4.79 Å². The molecule has 2 unspecified atom stereocenters. The quantitative estimate of drug-likeness (QED) is 0.647. The highest BCUT2D eigenvalue weighted by Gasteiger charge is 2.24. The number of carboxylic acids is 1. The van der Waals surface area contributed by atoms with Gasteiger partial charge in [0.15, 0.2) is 0 Å². The summed E-state index contributed by atoms with van der Waals surface area (Å²) in [7, 11) is 1.99. The summed E-state index contributed by atoms with van der Waals surface area (Å²) in [5, 5.41) is 8.52. The number of aliphatic carboxylic acids is 1. The van der Waals surface area contributed by atoms with Crippen LogP contribution in [0.2, 0.25) is 0 Å². The normalized spacial score (nSPS) is 31.8. The van der Waals surface area contributed by atoms with Gasteiger partial charge in [0.2, 0.25) is 0 Å². The first-order valence-electron chi connectivity index (χ1n) is 4.13. The van der Waals surface area contributed by atoms with Crippen LogP contribution in [-0.2, 0) is 9.53 Å². The fourth-order valence-electron chi connectivity index (χ4n) is 1.27. The van der Waals surface area contributed by atoms with Crippen molar-refractivity contribution in [2.45, 2.75) is 25.5 Å². The molecule has 1 rings (SSSR count). The zero-order chi connectivity index (χ0) is 9.14. The maximum Gasteiger partial charge on any atom is 0.306 e. The summed E-state index contributed by atoms with van der Waals surface area (Å²) in [6, 6.07) is 0.398. The van der Waals surface area contributed by atoms with E-state index in [2.05, 4.69) is 11.8 Å². The molecule has 12 heavy (non-hydrogen) atoms. The van der Waals surface area contributed by atoms with Crippen molar-refractivity contribution in [1.82, 2.24) is 4.90 Å². The maximum absolute atomic E-state index is 10.4. The molecule has 1 aliphatic rings. The zero-order valence-corrected chi connectivity index (χ0v) is 7.49. The Kier molecular flexibility index (Phi) is 3.05. The van der Waals surface area contributed by atoms with Gasteiger partial charge in [-0.2, -0.15) is 0 Å². The van der Waals surface area contributed by atoms with E-state index in [-0.39, 0.29) is 12.5 Å². The number of morpholine rings is 1. The van der Waals surface area contributed by atoms with E-state index in [1.165, 1.54) is 0 Å². The van der Waals surface area contributed by atoms with Gasteiger partial charge in [0, 0.05) is 12.6 Å². The molecule has 1 saturated heterocycles. The molecule has 2 atom stereocenters. The molecule has 70 valence electrons. The van der Waals surface area contributed by atoms with Crippen LogP contribution in [0.4, 0.5) is 0 Å². The fourth-order valence-corrected chi connectivity index (χ4v) is 1.27. The van der Waals surface area contributed by atoms with Gasteiger partial charge in [-0.3, -0.25) is 9.69 Å². The van der Waals surface area contributed by atoms with Crippen LogP contribution in [-0.4, -0.2) is 48.3 Å². The SMILES string of the molecule is CC1COC(CC(=O)O)CN1C. The van der Waals surface area contributed by atoms with Gasteiger partial charge in [0.1, 0.15) is 0 Å². The third kappa shape index (κ3) is 2.46. The molecule has 4 heteroatoms. The predicted molar refractivity (Wildman–Crippen MR) is 44.1 cm³/mol. The van der Waals surface area contributed by atoms with Crippen LogP contribution >= 0.6 is 0 Å². The molecule has 0 bridgehead atoms. The second-order valence-corrected chi connectivity index (χ2v) is 3.34. The van der Waals surface area contributed by atoms with E-state index < -0.39 is 5.97 Å². The summed E-state index contributed by atoms with van der Waals surface area (Å²) >= 11 is 0. The molecule has 0 aliphatic carbocycles. The lowest BCUT2D eigenvalue weighted by Crippen LogP contribution is -2.46. The molecule has 0 aromatic rings. The molecule has 4 nitrogen and oxygen atoms in total. The number of rotatable bonds is 2. The van der Waals surface area contributed by atoms with Gasteiger partial charge >= 0.3 is 5.97 Å². The molecular weight excluding hydrogens is 158 g/mol. The molecular formula is C8H15NO3. The van der Waals surface area contributed by atoms with Crippen LogP contribution in [0.15, 0.2) is 0 Å². The standard InChI is InChI=1S/C8H15NO3/c1-6-5-12-7(3-8(10)11)4-9(6)2/h6-7H,3-5H2,1-2H3,(H,10,11). The van der Waals surface area contributed by atoms with Crippen LogP contribution < -0.4 is 0 Å². The lowest BCUT2D eigenvalue weighted by atomic mass is 10.1. The molecule has 0 saturated carbocycles. The number of hydrogen-bond donors (Lipinski definition) is 1. The molecule has 0 aromatic heterocycles.